The van der Waals surface area contributed by atoms with Crippen LogP contribution in [0.2, 0.25) is 0 Å². The number of carbonyl (C=O) groups is 1. The minimum Gasteiger partial charge on any atom is -0.756 e. The minimum absolute atomic E-state index is 0.142. The summed E-state index contributed by atoms with van der Waals surface area (Å²) >= 11 is 0. The number of fused-ring (bicyclic) bond motifs is 1. The van der Waals surface area contributed by atoms with E-state index in [1.165, 1.54) is 0 Å². The molecular weight excluding hydrogens is 330 g/mol. The van der Waals surface area contributed by atoms with Crippen LogP contribution in [0.3, 0.4) is 0 Å². The highest BCUT2D eigenvalue weighted by Gasteiger charge is 2.15. The highest BCUT2D eigenvalue weighted by molar-refractivity contribution is 6.06. The van der Waals surface area contributed by atoms with Crippen LogP contribution in [0.5, 0.6) is 5.88 Å². The second-order valence-electron chi connectivity index (χ2n) is 6.16. The molecule has 0 aliphatic heterocycles. The Hall–Kier alpha value is -2.18. The Morgan fingerprint density at radius 3 is 2.58 bits per heavy atom. The molecule has 2 aromatic rings. The van der Waals surface area contributed by atoms with Crippen molar-refractivity contribution in [2.75, 3.05) is 32.8 Å². The van der Waals surface area contributed by atoms with Crippen LogP contribution in [0, 0.1) is 5.21 Å². The van der Waals surface area contributed by atoms with E-state index in [1.807, 2.05) is 38.1 Å². The molecule has 0 aliphatic carbocycles. The minimum atomic E-state index is -0.545. The van der Waals surface area contributed by atoms with Gasteiger partial charge in [0.25, 0.3) is 0 Å². The van der Waals surface area contributed by atoms with Gasteiger partial charge in [0.05, 0.1) is 17.7 Å². The van der Waals surface area contributed by atoms with E-state index in [-0.39, 0.29) is 6.54 Å². The van der Waals surface area contributed by atoms with Crippen LogP contribution in [0.4, 0.5) is 0 Å². The number of carbonyl (C=O) groups excluding carboxylic acids is 1. The van der Waals surface area contributed by atoms with Gasteiger partial charge >= 0.3 is 0 Å². The second kappa shape index (κ2) is 10.1. The Kier molecular flexibility index (Phi) is 7.81. The first-order valence-corrected chi connectivity index (χ1v) is 9.34. The summed E-state index contributed by atoms with van der Waals surface area (Å²) in [5.41, 5.74) is 0.999. The third kappa shape index (κ3) is 5.16. The molecule has 1 aromatic carbocycles. The molecule has 0 fully saturated rings. The van der Waals surface area contributed by atoms with Crippen LogP contribution in [-0.2, 0) is 0 Å². The number of unbranched alkanes of at least 4 members (excludes halogenated alkanes) is 1. The smallest absolute Gasteiger partial charge is 0.244 e. The largest absolute Gasteiger partial charge is 0.756 e. The van der Waals surface area contributed by atoms with Gasteiger partial charge in [-0.3, -0.25) is 4.79 Å². The summed E-state index contributed by atoms with van der Waals surface area (Å²) in [6, 6.07) is 8.91. The van der Waals surface area contributed by atoms with E-state index in [1.54, 1.807) is 6.07 Å². The zero-order valence-corrected chi connectivity index (χ0v) is 15.9. The van der Waals surface area contributed by atoms with Gasteiger partial charge in [-0.05, 0) is 25.6 Å². The van der Waals surface area contributed by atoms with E-state index >= 15 is 0 Å². The topological polar surface area (TPSA) is 68.7 Å². The molecule has 0 N–H and O–H groups in total. The summed E-state index contributed by atoms with van der Waals surface area (Å²) < 4.78 is 5.67. The zero-order chi connectivity index (χ0) is 18.9. The molecule has 26 heavy (non-hydrogen) atoms. The van der Waals surface area contributed by atoms with Gasteiger partial charge in [0, 0.05) is 24.5 Å². The van der Waals surface area contributed by atoms with Crippen molar-refractivity contribution in [3.63, 3.8) is 0 Å². The number of likely N-dealkylation sites (N-methyl/N-ethyl adjacent to an activating group) is 1. The van der Waals surface area contributed by atoms with Crippen LogP contribution in [-0.4, -0.2) is 53.6 Å². The lowest BCUT2D eigenvalue weighted by Gasteiger charge is -2.31. The van der Waals surface area contributed by atoms with Crippen LogP contribution in [0.1, 0.15) is 44.0 Å². The number of para-hydroxylation sites is 1. The molecule has 0 radical (unpaired) electrons. The molecule has 1 heterocycles. The fraction of sp³-hybridized carbons (Fsp3) is 0.500. The Labute approximate surface area is 155 Å². The number of nitrogens with zero attached hydrogens (tertiary/aromatic N) is 3. The number of aromatic nitrogens is 1. The second-order valence-corrected chi connectivity index (χ2v) is 6.16. The van der Waals surface area contributed by atoms with E-state index in [0.717, 1.165) is 25.9 Å². The van der Waals surface area contributed by atoms with Crippen molar-refractivity contribution in [3.05, 3.63) is 41.1 Å². The third-order valence-electron chi connectivity index (χ3n) is 4.41. The fourth-order valence-corrected chi connectivity index (χ4v) is 2.73. The van der Waals surface area contributed by atoms with Gasteiger partial charge in [-0.15, -0.1) is 0 Å². The van der Waals surface area contributed by atoms with Gasteiger partial charge in [0.15, 0.2) is 0 Å². The number of ether oxygens (including phenoxy) is 1. The molecule has 0 saturated carbocycles. The van der Waals surface area contributed by atoms with Crippen LogP contribution in [0.15, 0.2) is 30.3 Å². The standard InChI is InChI=1S/C20H28N3O3/c1-4-7-14-26-19-15-17(16-10-8-9-11-18(16)21-19)20(24)23(25)13-12-22(5-2)6-3/h8-11,15H,4-7,12-14H2,1-3H3/q-1. The average molecular weight is 358 g/mol. The van der Waals surface area contributed by atoms with Gasteiger partial charge in [-0.1, -0.05) is 45.4 Å². The van der Waals surface area contributed by atoms with Gasteiger partial charge in [0.1, 0.15) is 0 Å². The highest BCUT2D eigenvalue weighted by atomic mass is 16.5. The van der Waals surface area contributed by atoms with Gasteiger partial charge in [-0.2, -0.15) is 0 Å². The number of benzene rings is 1. The van der Waals surface area contributed by atoms with Crippen LogP contribution < -0.4 is 4.74 Å². The Morgan fingerprint density at radius 1 is 1.15 bits per heavy atom. The number of amides is 1. The molecule has 0 atom stereocenters. The van der Waals surface area contributed by atoms with Crippen LogP contribution in [0.25, 0.3) is 10.9 Å². The number of rotatable bonds is 10. The maximum absolute atomic E-state index is 12.7. The zero-order valence-electron chi connectivity index (χ0n) is 15.9. The summed E-state index contributed by atoms with van der Waals surface area (Å²) in [6.45, 7) is 9.11. The molecule has 0 bridgehead atoms. The Balaban J connectivity index is 2.23. The fourth-order valence-electron chi connectivity index (χ4n) is 2.73. The molecule has 1 amide bonds. The number of hydrogen-bond acceptors (Lipinski definition) is 5. The lowest BCUT2D eigenvalue weighted by Crippen LogP contribution is -2.35. The SMILES string of the molecule is CCCCOc1cc(C(=O)N([O-])CCN(CC)CC)c2ccccc2n1. The molecular formula is C20H28N3O3-. The molecule has 6 nitrogen and oxygen atoms in total. The van der Waals surface area contributed by atoms with Gasteiger partial charge < -0.3 is 19.9 Å². The molecule has 0 spiro atoms. The monoisotopic (exact) mass is 358 g/mol. The summed E-state index contributed by atoms with van der Waals surface area (Å²) in [5, 5.41) is 13.6. The van der Waals surface area contributed by atoms with E-state index < -0.39 is 5.91 Å². The third-order valence-corrected chi connectivity index (χ3v) is 4.41. The van der Waals surface area contributed by atoms with Gasteiger partial charge in [-0.25, -0.2) is 4.98 Å². The molecule has 0 aliphatic rings. The number of pyridine rings is 1. The first kappa shape index (κ1) is 20.1. The Morgan fingerprint density at radius 2 is 1.88 bits per heavy atom. The lowest BCUT2D eigenvalue weighted by molar-refractivity contribution is 0.0810. The van der Waals surface area contributed by atoms with Crippen molar-refractivity contribution < 1.29 is 9.53 Å². The maximum Gasteiger partial charge on any atom is 0.244 e. The highest BCUT2D eigenvalue weighted by Crippen LogP contribution is 2.23. The summed E-state index contributed by atoms with van der Waals surface area (Å²) in [7, 11) is 0. The average Bonchev–Trinajstić information content (AvgIpc) is 2.67. The van der Waals surface area contributed by atoms with E-state index in [4.69, 9.17) is 4.74 Å². The summed E-state index contributed by atoms with van der Waals surface area (Å²) in [4.78, 5) is 19.3. The first-order chi connectivity index (χ1) is 12.6. The Bertz CT molecular complexity index is 717. The van der Waals surface area contributed by atoms with E-state index in [2.05, 4.69) is 16.8 Å². The van der Waals surface area contributed by atoms with Crippen LogP contribution >= 0.6 is 0 Å². The molecule has 0 unspecified atom stereocenters. The molecule has 0 saturated heterocycles. The molecule has 2 rings (SSSR count). The van der Waals surface area contributed by atoms with E-state index in [9.17, 15) is 10.0 Å². The van der Waals surface area contributed by atoms with Crippen molar-refractivity contribution in [2.24, 2.45) is 0 Å². The van der Waals surface area contributed by atoms with Crippen molar-refractivity contribution in [1.82, 2.24) is 14.9 Å². The summed E-state index contributed by atoms with van der Waals surface area (Å²) in [5.74, 6) is -0.159. The molecule has 1 aromatic heterocycles. The van der Waals surface area contributed by atoms with Crippen molar-refractivity contribution in [3.8, 4) is 5.88 Å². The maximum atomic E-state index is 12.7. The lowest BCUT2D eigenvalue weighted by atomic mass is 10.1. The van der Waals surface area contributed by atoms with Gasteiger partial charge in [0.2, 0.25) is 11.8 Å². The summed E-state index contributed by atoms with van der Waals surface area (Å²) in [6.07, 6.45) is 1.93. The predicted octanol–water partition coefficient (Wildman–Crippen LogP) is 3.70. The normalized spacial score (nSPS) is 11.1. The van der Waals surface area contributed by atoms with Crippen molar-refractivity contribution >= 4 is 16.8 Å². The number of hydroxylamine groups is 2. The van der Waals surface area contributed by atoms with E-state index in [0.29, 0.717) is 40.6 Å². The van der Waals surface area contributed by atoms with Crippen molar-refractivity contribution in [1.29, 1.82) is 0 Å². The number of hydrogen-bond donors (Lipinski definition) is 0. The molecule has 6 heteroatoms. The predicted molar refractivity (Wildman–Crippen MR) is 104 cm³/mol. The molecule has 142 valence electrons. The van der Waals surface area contributed by atoms with Crippen molar-refractivity contribution in [2.45, 2.75) is 33.6 Å². The first-order valence-electron chi connectivity index (χ1n) is 9.34. The quantitative estimate of drug-likeness (QED) is 0.478.